The van der Waals surface area contributed by atoms with E-state index < -0.39 is 0 Å². The molecule has 0 radical (unpaired) electrons. The van der Waals surface area contributed by atoms with Crippen LogP contribution >= 0.6 is 0 Å². The molecule has 3 rings (SSSR count). The second kappa shape index (κ2) is 4.65. The third-order valence-electron chi connectivity index (χ3n) is 2.69. The van der Waals surface area contributed by atoms with Gasteiger partial charge in [0.25, 0.3) is 0 Å². The molecule has 0 amide bonds. The van der Waals surface area contributed by atoms with E-state index in [0.717, 1.165) is 18.7 Å². The van der Waals surface area contributed by atoms with E-state index in [2.05, 4.69) is 15.5 Å². The van der Waals surface area contributed by atoms with Gasteiger partial charge in [0.1, 0.15) is 6.04 Å². The molecule has 1 aromatic carbocycles. The van der Waals surface area contributed by atoms with Crippen LogP contribution in [0.3, 0.4) is 0 Å². The monoisotopic (exact) mass is 231 g/mol. The van der Waals surface area contributed by atoms with Crippen molar-refractivity contribution in [1.29, 1.82) is 0 Å². The molecule has 5 heteroatoms. The fourth-order valence-corrected chi connectivity index (χ4v) is 1.81. The Labute approximate surface area is 98.8 Å². The number of benzene rings is 1. The highest BCUT2D eigenvalue weighted by Crippen LogP contribution is 2.19. The molecule has 88 valence electrons. The first kappa shape index (κ1) is 10.4. The summed E-state index contributed by atoms with van der Waals surface area (Å²) in [5, 5.41) is 7.26. The molecule has 0 unspecified atom stereocenters. The molecule has 1 saturated heterocycles. The van der Waals surface area contributed by atoms with Crippen molar-refractivity contribution in [3.8, 4) is 11.4 Å². The quantitative estimate of drug-likeness (QED) is 0.846. The second-order valence-corrected chi connectivity index (χ2v) is 3.90. The van der Waals surface area contributed by atoms with Crippen LogP contribution in [0.1, 0.15) is 11.9 Å². The highest BCUT2D eigenvalue weighted by atomic mass is 16.5. The van der Waals surface area contributed by atoms with Gasteiger partial charge >= 0.3 is 0 Å². The normalized spacial score (nSPS) is 20.4. The largest absolute Gasteiger partial charge is 0.378 e. The third-order valence-corrected chi connectivity index (χ3v) is 2.69. The van der Waals surface area contributed by atoms with E-state index >= 15 is 0 Å². The lowest BCUT2D eigenvalue weighted by Crippen LogP contribution is -2.34. The molecule has 1 atom stereocenters. The van der Waals surface area contributed by atoms with Crippen molar-refractivity contribution in [2.45, 2.75) is 6.04 Å². The fourth-order valence-electron chi connectivity index (χ4n) is 1.81. The Kier molecular flexibility index (Phi) is 2.85. The Morgan fingerprint density at radius 2 is 2.12 bits per heavy atom. The third kappa shape index (κ3) is 2.20. The van der Waals surface area contributed by atoms with Crippen LogP contribution in [0.15, 0.2) is 34.9 Å². The molecule has 1 N–H and O–H groups in total. The number of ether oxygens (including phenoxy) is 1. The van der Waals surface area contributed by atoms with Crippen LogP contribution in [0.4, 0.5) is 0 Å². The van der Waals surface area contributed by atoms with Gasteiger partial charge in [0.15, 0.2) is 0 Å². The van der Waals surface area contributed by atoms with Gasteiger partial charge in [-0.15, -0.1) is 0 Å². The number of nitrogens with one attached hydrogen (secondary N) is 1. The lowest BCUT2D eigenvalue weighted by Gasteiger charge is -2.20. The molecule has 0 aliphatic carbocycles. The number of morpholine rings is 1. The average Bonchev–Trinajstić information content (AvgIpc) is 2.90. The summed E-state index contributed by atoms with van der Waals surface area (Å²) in [5.74, 6) is 1.21. The zero-order valence-electron chi connectivity index (χ0n) is 9.30. The van der Waals surface area contributed by atoms with Gasteiger partial charge in [0, 0.05) is 12.1 Å². The zero-order chi connectivity index (χ0) is 11.5. The molecule has 0 saturated carbocycles. The predicted molar refractivity (Wildman–Crippen MR) is 61.3 cm³/mol. The molecule has 1 aromatic heterocycles. The van der Waals surface area contributed by atoms with Gasteiger partial charge in [-0.1, -0.05) is 35.5 Å². The molecular formula is C12H13N3O2. The average molecular weight is 231 g/mol. The van der Waals surface area contributed by atoms with Crippen molar-refractivity contribution in [1.82, 2.24) is 15.5 Å². The van der Waals surface area contributed by atoms with Gasteiger partial charge < -0.3 is 14.6 Å². The van der Waals surface area contributed by atoms with Crippen molar-refractivity contribution in [3.63, 3.8) is 0 Å². The summed E-state index contributed by atoms with van der Waals surface area (Å²) in [6.45, 7) is 2.13. The zero-order valence-corrected chi connectivity index (χ0v) is 9.30. The standard InChI is InChI=1S/C12H13N3O2/c1-2-4-9(5-3-1)11-14-12(17-15-11)10-8-16-7-6-13-10/h1-5,10,13H,6-8H2/t10-/m0/s1. The van der Waals surface area contributed by atoms with E-state index in [0.29, 0.717) is 18.3 Å². The van der Waals surface area contributed by atoms with Crippen LogP contribution in [0.5, 0.6) is 0 Å². The molecule has 2 aromatic rings. The van der Waals surface area contributed by atoms with Crippen LogP contribution in [-0.4, -0.2) is 29.9 Å². The summed E-state index contributed by atoms with van der Waals surface area (Å²) >= 11 is 0. The summed E-state index contributed by atoms with van der Waals surface area (Å²) in [6, 6.07) is 9.79. The Morgan fingerprint density at radius 3 is 2.88 bits per heavy atom. The van der Waals surface area contributed by atoms with Gasteiger partial charge in [-0.05, 0) is 0 Å². The summed E-state index contributed by atoms with van der Waals surface area (Å²) in [6.07, 6.45) is 0. The van der Waals surface area contributed by atoms with Gasteiger partial charge in [0.2, 0.25) is 11.7 Å². The van der Waals surface area contributed by atoms with Crippen LogP contribution in [0.25, 0.3) is 11.4 Å². The second-order valence-electron chi connectivity index (χ2n) is 3.90. The smallest absolute Gasteiger partial charge is 0.246 e. The van der Waals surface area contributed by atoms with Crippen LogP contribution in [0, 0.1) is 0 Å². The van der Waals surface area contributed by atoms with Crippen molar-refractivity contribution in [2.75, 3.05) is 19.8 Å². The molecule has 0 bridgehead atoms. The minimum atomic E-state index is 0.00807. The lowest BCUT2D eigenvalue weighted by molar-refractivity contribution is 0.0659. The first-order valence-corrected chi connectivity index (χ1v) is 5.63. The number of hydrogen-bond donors (Lipinski definition) is 1. The number of aromatic nitrogens is 2. The molecule has 2 heterocycles. The van der Waals surface area contributed by atoms with Crippen molar-refractivity contribution in [3.05, 3.63) is 36.2 Å². The number of nitrogens with zero attached hydrogens (tertiary/aromatic N) is 2. The first-order valence-electron chi connectivity index (χ1n) is 5.63. The molecule has 1 aliphatic heterocycles. The van der Waals surface area contributed by atoms with Crippen molar-refractivity contribution < 1.29 is 9.26 Å². The highest BCUT2D eigenvalue weighted by molar-refractivity contribution is 5.53. The Morgan fingerprint density at radius 1 is 1.24 bits per heavy atom. The SMILES string of the molecule is c1ccc(-c2noc([C@@H]3COCCN3)n2)cc1. The van der Waals surface area contributed by atoms with Gasteiger partial charge in [-0.25, -0.2) is 0 Å². The van der Waals surface area contributed by atoms with E-state index in [1.54, 1.807) is 0 Å². The van der Waals surface area contributed by atoms with Crippen LogP contribution < -0.4 is 5.32 Å². The maximum Gasteiger partial charge on any atom is 0.246 e. The summed E-state index contributed by atoms with van der Waals surface area (Å²) in [4.78, 5) is 4.38. The lowest BCUT2D eigenvalue weighted by atomic mass is 10.2. The molecule has 0 spiro atoms. The molecule has 1 fully saturated rings. The van der Waals surface area contributed by atoms with Crippen LogP contribution in [-0.2, 0) is 4.74 Å². The maximum atomic E-state index is 5.36. The highest BCUT2D eigenvalue weighted by Gasteiger charge is 2.21. The van der Waals surface area contributed by atoms with Crippen molar-refractivity contribution >= 4 is 0 Å². The Hall–Kier alpha value is -1.72. The summed E-state index contributed by atoms with van der Waals surface area (Å²) < 4.78 is 10.6. The first-order chi connectivity index (χ1) is 8.43. The minimum absolute atomic E-state index is 0.00807. The Balaban J connectivity index is 1.83. The van der Waals surface area contributed by atoms with E-state index in [4.69, 9.17) is 9.26 Å². The summed E-state index contributed by atoms with van der Waals surface area (Å²) in [5.41, 5.74) is 0.958. The topological polar surface area (TPSA) is 60.2 Å². The fraction of sp³-hybridized carbons (Fsp3) is 0.333. The predicted octanol–water partition coefficient (Wildman–Crippen LogP) is 1.40. The number of hydrogen-bond acceptors (Lipinski definition) is 5. The van der Waals surface area contributed by atoms with Gasteiger partial charge in [-0.2, -0.15) is 4.98 Å². The minimum Gasteiger partial charge on any atom is -0.378 e. The summed E-state index contributed by atoms with van der Waals surface area (Å²) in [7, 11) is 0. The van der Waals surface area contributed by atoms with E-state index in [-0.39, 0.29) is 6.04 Å². The molecule has 1 aliphatic rings. The molecular weight excluding hydrogens is 218 g/mol. The van der Waals surface area contributed by atoms with E-state index in [1.165, 1.54) is 0 Å². The van der Waals surface area contributed by atoms with Gasteiger partial charge in [0.05, 0.1) is 13.2 Å². The number of rotatable bonds is 2. The van der Waals surface area contributed by atoms with Gasteiger partial charge in [-0.3, -0.25) is 0 Å². The Bertz CT molecular complexity index is 478. The van der Waals surface area contributed by atoms with E-state index in [1.807, 2.05) is 30.3 Å². The maximum absolute atomic E-state index is 5.36. The molecule has 5 nitrogen and oxygen atoms in total. The molecule has 17 heavy (non-hydrogen) atoms. The van der Waals surface area contributed by atoms with Crippen LogP contribution in [0.2, 0.25) is 0 Å². The van der Waals surface area contributed by atoms with E-state index in [9.17, 15) is 0 Å². The van der Waals surface area contributed by atoms with Crippen molar-refractivity contribution in [2.24, 2.45) is 0 Å².